The molecular weight excluding hydrogens is 344 g/mol. The number of piperidine rings is 1. The van der Waals surface area contributed by atoms with Gasteiger partial charge in [-0.2, -0.15) is 0 Å². The minimum absolute atomic E-state index is 0. The van der Waals surface area contributed by atoms with E-state index in [0.29, 0.717) is 35.9 Å². The highest BCUT2D eigenvalue weighted by Gasteiger charge is 2.34. The highest BCUT2D eigenvalue weighted by molar-refractivity contribution is 5.91. The average Bonchev–Trinajstić information content (AvgIpc) is 2.91. The summed E-state index contributed by atoms with van der Waals surface area (Å²) in [6.45, 7) is -0.147. The third kappa shape index (κ3) is 5.61. The van der Waals surface area contributed by atoms with Gasteiger partial charge in [0.25, 0.3) is 0 Å². The lowest BCUT2D eigenvalue weighted by Gasteiger charge is -2.28. The molecule has 3 rings (SSSR count). The molecule has 25 heavy (non-hydrogen) atoms. The molecule has 0 saturated carbocycles. The minimum atomic E-state index is -0.440. The van der Waals surface area contributed by atoms with E-state index in [1.54, 1.807) is 18.2 Å². The molecule has 2 aliphatic rings. The van der Waals surface area contributed by atoms with E-state index >= 15 is 0 Å². The van der Waals surface area contributed by atoms with Crippen molar-refractivity contribution in [2.45, 2.75) is 44.2 Å². The van der Waals surface area contributed by atoms with Crippen molar-refractivity contribution in [3.05, 3.63) is 24.3 Å². The number of anilines is 1. The summed E-state index contributed by atoms with van der Waals surface area (Å²) < 4.78 is 9.87. The Hall–Kier alpha value is -1.79. The van der Waals surface area contributed by atoms with E-state index < -0.39 is 5.97 Å². The van der Waals surface area contributed by atoms with Gasteiger partial charge < -0.3 is 20.1 Å². The largest absolute Gasteiger partial charge is 0.482 e. The van der Waals surface area contributed by atoms with Crippen LogP contribution in [0.4, 0.5) is 5.69 Å². The van der Waals surface area contributed by atoms with Crippen LogP contribution in [0.2, 0.25) is 0 Å². The third-order valence-corrected chi connectivity index (χ3v) is 4.75. The quantitative estimate of drug-likeness (QED) is 0.754. The molecule has 0 aliphatic carbocycles. The molecule has 138 valence electrons. The molecule has 2 saturated heterocycles. The average molecular weight is 369 g/mol. The van der Waals surface area contributed by atoms with Gasteiger partial charge in [0.05, 0.1) is 7.11 Å². The molecule has 2 aliphatic heterocycles. The number of esters is 1. The first-order valence-corrected chi connectivity index (χ1v) is 8.48. The van der Waals surface area contributed by atoms with Crippen molar-refractivity contribution in [3.63, 3.8) is 0 Å². The lowest BCUT2D eigenvalue weighted by Crippen LogP contribution is -2.39. The molecule has 2 N–H and O–H groups in total. The first kappa shape index (κ1) is 19.5. The Bertz CT molecular complexity index is 598. The Labute approximate surface area is 154 Å². The Kier molecular flexibility index (Phi) is 7.08. The highest BCUT2D eigenvalue weighted by Crippen LogP contribution is 2.32. The van der Waals surface area contributed by atoms with Crippen LogP contribution in [0.5, 0.6) is 5.75 Å². The van der Waals surface area contributed by atoms with Crippen molar-refractivity contribution >= 4 is 30.0 Å². The summed E-state index contributed by atoms with van der Waals surface area (Å²) >= 11 is 0. The lowest BCUT2D eigenvalue weighted by atomic mass is 9.89. The number of rotatable bonds is 6. The predicted octanol–water partition coefficient (Wildman–Crippen LogP) is 2.52. The topological polar surface area (TPSA) is 76.7 Å². The highest BCUT2D eigenvalue weighted by atomic mass is 35.5. The lowest BCUT2D eigenvalue weighted by molar-refractivity contribution is -0.142. The zero-order valence-corrected chi connectivity index (χ0v) is 15.1. The van der Waals surface area contributed by atoms with Crippen LogP contribution in [0.25, 0.3) is 0 Å². The molecule has 2 heterocycles. The van der Waals surface area contributed by atoms with E-state index in [0.717, 1.165) is 12.8 Å². The molecule has 2 unspecified atom stereocenters. The zero-order chi connectivity index (χ0) is 16.9. The number of ether oxygens (including phenoxy) is 2. The molecule has 0 aromatic heterocycles. The summed E-state index contributed by atoms with van der Waals surface area (Å²) in [4.78, 5) is 23.4. The maximum Gasteiger partial charge on any atom is 0.343 e. The molecule has 2 fully saturated rings. The number of hydrogen-bond acceptors (Lipinski definition) is 5. The van der Waals surface area contributed by atoms with Crippen molar-refractivity contribution in [3.8, 4) is 5.75 Å². The Morgan fingerprint density at radius 3 is 2.64 bits per heavy atom. The summed E-state index contributed by atoms with van der Waals surface area (Å²) in [5.41, 5.74) is 0.680. The molecule has 2 atom stereocenters. The van der Waals surface area contributed by atoms with Crippen LogP contribution in [0.3, 0.4) is 0 Å². The van der Waals surface area contributed by atoms with Crippen LogP contribution < -0.4 is 15.4 Å². The number of halogens is 1. The summed E-state index contributed by atoms with van der Waals surface area (Å²) in [5, 5.41) is 6.52. The molecular formula is C18H25ClN2O4. The van der Waals surface area contributed by atoms with Gasteiger partial charge >= 0.3 is 5.97 Å². The molecule has 2 bridgehead atoms. The van der Waals surface area contributed by atoms with E-state index in [4.69, 9.17) is 4.74 Å². The molecule has 1 aromatic rings. The number of carbonyl (C=O) groups is 2. The third-order valence-electron chi connectivity index (χ3n) is 4.75. The van der Waals surface area contributed by atoms with Crippen molar-refractivity contribution in [2.24, 2.45) is 5.92 Å². The van der Waals surface area contributed by atoms with Gasteiger partial charge in [0.1, 0.15) is 5.75 Å². The van der Waals surface area contributed by atoms with Gasteiger partial charge in [-0.05, 0) is 43.7 Å². The second-order valence-corrected chi connectivity index (χ2v) is 6.62. The fraction of sp³-hybridized carbons (Fsp3) is 0.556. The van der Waals surface area contributed by atoms with E-state index in [-0.39, 0.29) is 24.9 Å². The van der Waals surface area contributed by atoms with Gasteiger partial charge in [-0.1, -0.05) is 6.07 Å². The Balaban J connectivity index is 0.00000225. The Morgan fingerprint density at radius 1 is 1.24 bits per heavy atom. The number of fused-ring (bicyclic) bond motifs is 2. The van der Waals surface area contributed by atoms with Crippen molar-refractivity contribution in [1.82, 2.24) is 5.32 Å². The fourth-order valence-corrected chi connectivity index (χ4v) is 3.68. The number of hydrogen-bond donors (Lipinski definition) is 2. The van der Waals surface area contributed by atoms with E-state index in [9.17, 15) is 9.59 Å². The summed E-state index contributed by atoms with van der Waals surface area (Å²) in [6.07, 6.45) is 5.21. The number of amides is 1. The van der Waals surface area contributed by atoms with Gasteiger partial charge in [-0.15, -0.1) is 12.4 Å². The normalized spacial score (nSPS) is 24.1. The number of carbonyl (C=O) groups excluding carboxylic acids is 2. The number of nitrogens with one attached hydrogen (secondary N) is 2. The Morgan fingerprint density at radius 2 is 1.96 bits per heavy atom. The number of methoxy groups -OCH3 is 1. The van der Waals surface area contributed by atoms with Gasteiger partial charge in [0, 0.05) is 30.3 Å². The zero-order valence-electron chi connectivity index (χ0n) is 14.3. The maximum absolute atomic E-state index is 12.3. The van der Waals surface area contributed by atoms with Gasteiger partial charge in [0.15, 0.2) is 6.61 Å². The second kappa shape index (κ2) is 9.06. The van der Waals surface area contributed by atoms with Gasteiger partial charge in [-0.3, -0.25) is 4.79 Å². The maximum atomic E-state index is 12.3. The van der Waals surface area contributed by atoms with Crippen LogP contribution in [0, 0.1) is 5.92 Å². The van der Waals surface area contributed by atoms with Gasteiger partial charge in [-0.25, -0.2) is 4.79 Å². The second-order valence-electron chi connectivity index (χ2n) is 6.62. The summed E-state index contributed by atoms with van der Waals surface area (Å²) in [7, 11) is 1.31. The molecule has 7 heteroatoms. The minimum Gasteiger partial charge on any atom is -0.482 e. The summed E-state index contributed by atoms with van der Waals surface area (Å²) in [6, 6.07) is 8.24. The van der Waals surface area contributed by atoms with Crippen molar-refractivity contribution in [2.75, 3.05) is 19.0 Å². The van der Waals surface area contributed by atoms with Gasteiger partial charge in [0.2, 0.25) is 5.91 Å². The first-order chi connectivity index (χ1) is 11.6. The monoisotopic (exact) mass is 368 g/mol. The van der Waals surface area contributed by atoms with E-state index in [1.165, 1.54) is 20.0 Å². The van der Waals surface area contributed by atoms with E-state index in [1.807, 2.05) is 6.07 Å². The summed E-state index contributed by atoms with van der Waals surface area (Å²) in [5.74, 6) is 0.581. The fourth-order valence-electron chi connectivity index (χ4n) is 3.68. The standard InChI is InChI=1S/C18H24N2O4.ClH/c1-23-18(22)11-24-16-4-2-3-13(10-16)20-17(21)9-12-7-14-5-6-15(8-12)19-14;/h2-4,10,12,14-15,19H,5-9,11H2,1H3,(H,20,21);1H. The van der Waals surface area contributed by atoms with E-state index in [2.05, 4.69) is 15.4 Å². The molecule has 0 spiro atoms. The molecule has 0 radical (unpaired) electrons. The van der Waals surface area contributed by atoms with Crippen LogP contribution in [0.1, 0.15) is 32.1 Å². The van der Waals surface area contributed by atoms with Crippen LogP contribution in [-0.2, 0) is 14.3 Å². The number of benzene rings is 1. The SMILES string of the molecule is COC(=O)COc1cccc(NC(=O)CC2CC3CCC(C2)N3)c1.Cl. The molecule has 1 amide bonds. The molecule has 6 nitrogen and oxygen atoms in total. The van der Waals surface area contributed by atoms with Crippen LogP contribution in [-0.4, -0.2) is 37.7 Å². The van der Waals surface area contributed by atoms with Crippen LogP contribution in [0.15, 0.2) is 24.3 Å². The van der Waals surface area contributed by atoms with Crippen LogP contribution >= 0.6 is 12.4 Å². The smallest absolute Gasteiger partial charge is 0.343 e. The predicted molar refractivity (Wildman–Crippen MR) is 97.1 cm³/mol. The first-order valence-electron chi connectivity index (χ1n) is 8.48. The van der Waals surface area contributed by atoms with Crippen molar-refractivity contribution in [1.29, 1.82) is 0 Å². The van der Waals surface area contributed by atoms with Crippen molar-refractivity contribution < 1.29 is 19.1 Å². The molecule has 1 aromatic carbocycles.